The highest BCUT2D eigenvalue weighted by Crippen LogP contribution is 2.28. The standard InChI is InChI=1S/C21H23ClN4O2/c1-28-18-7-5-15(14-17(18)22)6-8-20(27)25-12-9-16(10-13-25)21-24-23-19-4-2-3-11-26(19)21/h2-5,7,11,14,16H,6,8-10,12-13H2,1H3. The number of rotatable bonds is 5. The lowest BCUT2D eigenvalue weighted by atomic mass is 9.95. The largest absolute Gasteiger partial charge is 0.495 e. The molecule has 1 fully saturated rings. The molecule has 1 amide bonds. The highest BCUT2D eigenvalue weighted by molar-refractivity contribution is 6.32. The smallest absolute Gasteiger partial charge is 0.222 e. The van der Waals surface area contributed by atoms with Crippen LogP contribution in [0, 0.1) is 0 Å². The summed E-state index contributed by atoms with van der Waals surface area (Å²) in [6.07, 6.45) is 4.99. The number of piperidine rings is 1. The number of ether oxygens (including phenoxy) is 1. The molecule has 0 radical (unpaired) electrons. The molecule has 1 aliphatic rings. The predicted octanol–water partition coefficient (Wildman–Crippen LogP) is 3.73. The summed E-state index contributed by atoms with van der Waals surface area (Å²) in [6.45, 7) is 1.52. The molecule has 0 unspecified atom stereocenters. The number of benzene rings is 1. The molecular weight excluding hydrogens is 376 g/mol. The molecule has 28 heavy (non-hydrogen) atoms. The van der Waals surface area contributed by atoms with E-state index in [1.54, 1.807) is 7.11 Å². The van der Waals surface area contributed by atoms with Gasteiger partial charge >= 0.3 is 0 Å². The van der Waals surface area contributed by atoms with Gasteiger partial charge in [0.05, 0.1) is 12.1 Å². The molecule has 4 rings (SSSR count). The minimum Gasteiger partial charge on any atom is -0.495 e. The van der Waals surface area contributed by atoms with Crippen LogP contribution < -0.4 is 4.74 Å². The van der Waals surface area contributed by atoms with Crippen LogP contribution in [0.5, 0.6) is 5.75 Å². The fourth-order valence-corrected chi connectivity index (χ4v) is 4.08. The van der Waals surface area contributed by atoms with Gasteiger partial charge in [-0.25, -0.2) is 0 Å². The molecule has 0 spiro atoms. The van der Waals surface area contributed by atoms with E-state index >= 15 is 0 Å². The van der Waals surface area contributed by atoms with E-state index < -0.39 is 0 Å². The molecule has 3 aromatic rings. The molecule has 146 valence electrons. The van der Waals surface area contributed by atoms with Crippen molar-refractivity contribution >= 4 is 23.2 Å². The van der Waals surface area contributed by atoms with Gasteiger partial charge in [-0.1, -0.05) is 23.7 Å². The molecule has 0 atom stereocenters. The minimum atomic E-state index is 0.191. The van der Waals surface area contributed by atoms with Gasteiger partial charge in [-0.3, -0.25) is 9.20 Å². The number of pyridine rings is 1. The SMILES string of the molecule is COc1ccc(CCC(=O)N2CCC(c3nnc4ccccn34)CC2)cc1Cl. The lowest BCUT2D eigenvalue weighted by Crippen LogP contribution is -2.38. The molecule has 1 saturated heterocycles. The van der Waals surface area contributed by atoms with Crippen LogP contribution in [0.2, 0.25) is 5.02 Å². The first-order valence-electron chi connectivity index (χ1n) is 9.55. The van der Waals surface area contributed by atoms with Crippen molar-refractivity contribution in [2.45, 2.75) is 31.6 Å². The Hall–Kier alpha value is -2.60. The third-order valence-corrected chi connectivity index (χ3v) is 5.69. The highest BCUT2D eigenvalue weighted by atomic mass is 35.5. The van der Waals surface area contributed by atoms with Gasteiger partial charge in [0, 0.05) is 31.6 Å². The maximum atomic E-state index is 12.6. The van der Waals surface area contributed by atoms with Crippen molar-refractivity contribution in [3.63, 3.8) is 0 Å². The summed E-state index contributed by atoms with van der Waals surface area (Å²) in [4.78, 5) is 14.6. The van der Waals surface area contributed by atoms with Crippen LogP contribution in [0.4, 0.5) is 0 Å². The molecule has 7 heteroatoms. The van der Waals surface area contributed by atoms with Gasteiger partial charge in [-0.05, 0) is 49.1 Å². The first-order chi connectivity index (χ1) is 13.7. The molecule has 0 N–H and O–H groups in total. The van der Waals surface area contributed by atoms with Crippen molar-refractivity contribution in [3.05, 3.63) is 59.0 Å². The Morgan fingerprint density at radius 2 is 2.04 bits per heavy atom. The molecular formula is C21H23ClN4O2. The number of fused-ring (bicyclic) bond motifs is 1. The number of carbonyl (C=O) groups excluding carboxylic acids is 1. The third kappa shape index (κ3) is 3.83. The van der Waals surface area contributed by atoms with Gasteiger partial charge in [0.1, 0.15) is 11.6 Å². The average Bonchev–Trinajstić information content (AvgIpc) is 3.16. The molecule has 2 aromatic heterocycles. The lowest BCUT2D eigenvalue weighted by molar-refractivity contribution is -0.132. The number of nitrogens with zero attached hydrogens (tertiary/aromatic N) is 4. The second kappa shape index (κ2) is 8.19. The third-order valence-electron chi connectivity index (χ3n) is 5.40. The number of amides is 1. The van der Waals surface area contributed by atoms with Crippen LogP contribution in [-0.4, -0.2) is 45.6 Å². The number of methoxy groups -OCH3 is 1. The Morgan fingerprint density at radius 3 is 2.79 bits per heavy atom. The van der Waals surface area contributed by atoms with E-state index in [0.717, 1.165) is 43.0 Å². The quantitative estimate of drug-likeness (QED) is 0.657. The minimum absolute atomic E-state index is 0.191. The van der Waals surface area contributed by atoms with E-state index in [9.17, 15) is 4.79 Å². The maximum absolute atomic E-state index is 12.6. The van der Waals surface area contributed by atoms with Gasteiger partial charge in [-0.2, -0.15) is 0 Å². The number of hydrogen-bond donors (Lipinski definition) is 0. The Bertz CT molecular complexity index is 979. The Balaban J connectivity index is 1.32. The zero-order chi connectivity index (χ0) is 19.5. The van der Waals surface area contributed by atoms with Crippen molar-refractivity contribution in [2.24, 2.45) is 0 Å². The Morgan fingerprint density at radius 1 is 1.21 bits per heavy atom. The van der Waals surface area contributed by atoms with Gasteiger partial charge in [-0.15, -0.1) is 10.2 Å². The van der Waals surface area contributed by atoms with Crippen LogP contribution in [0.15, 0.2) is 42.6 Å². The van der Waals surface area contributed by atoms with Gasteiger partial charge < -0.3 is 9.64 Å². The molecule has 1 aliphatic heterocycles. The topological polar surface area (TPSA) is 59.7 Å². The fraction of sp³-hybridized carbons (Fsp3) is 0.381. The summed E-state index contributed by atoms with van der Waals surface area (Å²) >= 11 is 6.17. The molecule has 6 nitrogen and oxygen atoms in total. The van der Waals surface area contributed by atoms with Crippen molar-refractivity contribution < 1.29 is 9.53 Å². The normalized spacial score (nSPS) is 15.1. The monoisotopic (exact) mass is 398 g/mol. The van der Waals surface area contributed by atoms with Gasteiger partial charge in [0.2, 0.25) is 5.91 Å². The number of aryl methyl sites for hydroxylation is 1. The first kappa shape index (κ1) is 18.7. The van der Waals surface area contributed by atoms with Crippen LogP contribution >= 0.6 is 11.6 Å². The van der Waals surface area contributed by atoms with Crippen LogP contribution in [0.25, 0.3) is 5.65 Å². The zero-order valence-electron chi connectivity index (χ0n) is 15.8. The summed E-state index contributed by atoms with van der Waals surface area (Å²) in [7, 11) is 1.59. The van der Waals surface area contributed by atoms with Gasteiger partial charge in [0.25, 0.3) is 0 Å². The zero-order valence-corrected chi connectivity index (χ0v) is 16.6. The van der Waals surface area contributed by atoms with E-state index in [1.807, 2.05) is 47.5 Å². The Kier molecular flexibility index (Phi) is 5.48. The van der Waals surface area contributed by atoms with E-state index in [-0.39, 0.29) is 5.91 Å². The van der Waals surface area contributed by atoms with Crippen molar-refractivity contribution in [1.82, 2.24) is 19.5 Å². The summed E-state index contributed by atoms with van der Waals surface area (Å²) in [5.74, 6) is 2.17. The molecule has 1 aromatic carbocycles. The number of carbonyl (C=O) groups is 1. The summed E-state index contributed by atoms with van der Waals surface area (Å²) in [6, 6.07) is 11.6. The van der Waals surface area contributed by atoms with E-state index in [4.69, 9.17) is 16.3 Å². The predicted molar refractivity (Wildman–Crippen MR) is 108 cm³/mol. The van der Waals surface area contributed by atoms with E-state index in [2.05, 4.69) is 14.6 Å². The molecule has 0 saturated carbocycles. The first-order valence-corrected chi connectivity index (χ1v) is 9.93. The van der Waals surface area contributed by atoms with Crippen LogP contribution in [0.1, 0.15) is 36.6 Å². The van der Waals surface area contributed by atoms with Crippen molar-refractivity contribution in [2.75, 3.05) is 20.2 Å². The average molecular weight is 399 g/mol. The number of halogens is 1. The number of likely N-dealkylation sites (tertiary alicyclic amines) is 1. The van der Waals surface area contributed by atoms with Crippen molar-refractivity contribution in [3.8, 4) is 5.75 Å². The van der Waals surface area contributed by atoms with Crippen molar-refractivity contribution in [1.29, 1.82) is 0 Å². The molecule has 0 aliphatic carbocycles. The maximum Gasteiger partial charge on any atom is 0.222 e. The highest BCUT2D eigenvalue weighted by Gasteiger charge is 2.26. The Labute approximate surface area is 169 Å². The number of hydrogen-bond acceptors (Lipinski definition) is 4. The lowest BCUT2D eigenvalue weighted by Gasteiger charge is -2.31. The van der Waals surface area contributed by atoms with Gasteiger partial charge in [0.15, 0.2) is 5.65 Å². The summed E-state index contributed by atoms with van der Waals surface area (Å²) < 4.78 is 7.22. The van der Waals surface area contributed by atoms with Crippen LogP contribution in [0.3, 0.4) is 0 Å². The van der Waals surface area contributed by atoms with E-state index in [1.165, 1.54) is 0 Å². The fourth-order valence-electron chi connectivity index (χ4n) is 3.80. The van der Waals surface area contributed by atoms with E-state index in [0.29, 0.717) is 29.5 Å². The summed E-state index contributed by atoms with van der Waals surface area (Å²) in [5.41, 5.74) is 1.91. The molecule has 3 heterocycles. The number of aromatic nitrogens is 3. The van der Waals surface area contributed by atoms with Crippen LogP contribution in [-0.2, 0) is 11.2 Å². The molecule has 0 bridgehead atoms. The summed E-state index contributed by atoms with van der Waals surface area (Å²) in [5, 5.41) is 9.19. The second-order valence-electron chi connectivity index (χ2n) is 7.11. The second-order valence-corrected chi connectivity index (χ2v) is 7.52.